The summed E-state index contributed by atoms with van der Waals surface area (Å²) in [6, 6.07) is 20.9. The number of aromatic nitrogens is 2. The Labute approximate surface area is 222 Å². The zero-order valence-electron chi connectivity index (χ0n) is 21.1. The zero-order chi connectivity index (χ0) is 25.4. The third kappa shape index (κ3) is 4.51. The molecule has 190 valence electrons. The third-order valence-corrected chi connectivity index (χ3v) is 7.74. The minimum Gasteiger partial charge on any atom is -0.467 e. The largest absolute Gasteiger partial charge is 0.467 e. The molecule has 0 amide bonds. The van der Waals surface area contributed by atoms with Crippen LogP contribution in [0.4, 0.5) is 11.4 Å². The van der Waals surface area contributed by atoms with Crippen LogP contribution in [0.2, 0.25) is 0 Å². The van der Waals surface area contributed by atoms with Gasteiger partial charge in [0.05, 0.1) is 43.8 Å². The minimum absolute atomic E-state index is 0.0480. The fraction of sp³-hybridized carbons (Fsp3) is 0.310. The topological polar surface area (TPSA) is 58.7 Å². The number of nitrogens with zero attached hydrogens (tertiary/aromatic N) is 4. The van der Waals surface area contributed by atoms with Gasteiger partial charge in [-0.2, -0.15) is 0 Å². The molecule has 2 fully saturated rings. The van der Waals surface area contributed by atoms with Crippen molar-refractivity contribution in [2.24, 2.45) is 0 Å². The van der Waals surface area contributed by atoms with Gasteiger partial charge < -0.3 is 28.8 Å². The molecule has 2 aliphatic heterocycles. The second kappa shape index (κ2) is 10.0. The van der Waals surface area contributed by atoms with Crippen molar-refractivity contribution in [3.63, 3.8) is 0 Å². The Morgan fingerprint density at radius 1 is 1.00 bits per heavy atom. The second-order valence-electron chi connectivity index (χ2n) is 9.60. The number of benzene rings is 1. The predicted molar refractivity (Wildman–Crippen MR) is 149 cm³/mol. The van der Waals surface area contributed by atoms with Crippen molar-refractivity contribution in [2.45, 2.75) is 32.5 Å². The van der Waals surface area contributed by atoms with E-state index in [2.05, 4.69) is 69.9 Å². The Morgan fingerprint density at radius 2 is 1.78 bits per heavy atom. The van der Waals surface area contributed by atoms with Crippen LogP contribution < -0.4 is 15.1 Å². The van der Waals surface area contributed by atoms with Crippen LogP contribution in [0.25, 0.3) is 0 Å². The van der Waals surface area contributed by atoms with Crippen LogP contribution in [-0.2, 0) is 11.3 Å². The molecule has 0 saturated carbocycles. The van der Waals surface area contributed by atoms with Crippen molar-refractivity contribution in [1.29, 1.82) is 0 Å². The molecule has 0 spiro atoms. The average Bonchev–Trinajstić information content (AvgIpc) is 3.65. The monoisotopic (exact) mass is 513 g/mol. The van der Waals surface area contributed by atoms with Gasteiger partial charge in [0.2, 0.25) is 0 Å². The zero-order valence-corrected chi connectivity index (χ0v) is 21.9. The summed E-state index contributed by atoms with van der Waals surface area (Å²) in [4.78, 5) is 9.32. The van der Waals surface area contributed by atoms with E-state index in [0.29, 0.717) is 11.7 Å². The number of hydrogen-bond acceptors (Lipinski definition) is 5. The Balaban J connectivity index is 1.39. The van der Waals surface area contributed by atoms with Gasteiger partial charge in [-0.25, -0.2) is 0 Å². The standard InChI is InChI=1S/C29H31N5O2S/c1-20-18-25(21(2)33(20)19-24-6-5-15-36-24)28-27(26-7-3-4-12-30-26)31-29(37)34(28)23-10-8-22(9-11-23)32-13-16-35-17-14-32/h3-12,15,18,27-28H,13-14,16-17,19H2,1-2H3,(H,31,37)/t27-,28-/m0/s1. The van der Waals surface area contributed by atoms with Gasteiger partial charge in [0.15, 0.2) is 5.11 Å². The first-order valence-corrected chi connectivity index (χ1v) is 13.1. The summed E-state index contributed by atoms with van der Waals surface area (Å²) in [5.74, 6) is 0.935. The maximum Gasteiger partial charge on any atom is 0.174 e. The van der Waals surface area contributed by atoms with E-state index in [4.69, 9.17) is 26.4 Å². The Morgan fingerprint density at radius 3 is 2.49 bits per heavy atom. The lowest BCUT2D eigenvalue weighted by Crippen LogP contribution is -2.36. The number of aryl methyl sites for hydroxylation is 1. The third-order valence-electron chi connectivity index (χ3n) is 7.43. The van der Waals surface area contributed by atoms with E-state index in [9.17, 15) is 0 Å². The van der Waals surface area contributed by atoms with Gasteiger partial charge in [-0.05, 0) is 86.2 Å². The number of ether oxygens (including phenoxy) is 1. The van der Waals surface area contributed by atoms with Crippen molar-refractivity contribution >= 4 is 28.7 Å². The lowest BCUT2D eigenvalue weighted by atomic mass is 9.96. The van der Waals surface area contributed by atoms with Crippen molar-refractivity contribution in [1.82, 2.24) is 14.9 Å². The number of pyridine rings is 1. The highest BCUT2D eigenvalue weighted by Crippen LogP contribution is 2.43. The van der Waals surface area contributed by atoms with Gasteiger partial charge in [-0.1, -0.05) is 6.07 Å². The summed E-state index contributed by atoms with van der Waals surface area (Å²) < 4.78 is 13.5. The minimum atomic E-state index is -0.0785. The van der Waals surface area contributed by atoms with Crippen molar-refractivity contribution in [2.75, 3.05) is 36.1 Å². The van der Waals surface area contributed by atoms with Crippen LogP contribution in [-0.4, -0.2) is 41.0 Å². The van der Waals surface area contributed by atoms with E-state index >= 15 is 0 Å². The summed E-state index contributed by atoms with van der Waals surface area (Å²) in [6.07, 6.45) is 3.57. The van der Waals surface area contributed by atoms with E-state index in [1.54, 1.807) is 6.26 Å². The van der Waals surface area contributed by atoms with Crippen LogP contribution in [0.1, 0.15) is 40.5 Å². The Hall–Kier alpha value is -3.62. The maximum atomic E-state index is 5.95. The fourth-order valence-corrected chi connectivity index (χ4v) is 5.87. The van der Waals surface area contributed by atoms with Crippen LogP contribution in [0.15, 0.2) is 77.5 Å². The Kier molecular flexibility index (Phi) is 6.44. The van der Waals surface area contributed by atoms with E-state index < -0.39 is 0 Å². The highest BCUT2D eigenvalue weighted by Gasteiger charge is 2.42. The number of morpholine rings is 1. The number of rotatable bonds is 6. The summed E-state index contributed by atoms with van der Waals surface area (Å²) in [6.45, 7) is 8.38. The van der Waals surface area contributed by atoms with Gasteiger partial charge >= 0.3 is 0 Å². The SMILES string of the molecule is Cc1cc([C@H]2[C@H](c3ccccn3)NC(=S)N2c2ccc(N3CCOCC3)cc2)c(C)n1Cc1ccco1. The molecular weight excluding hydrogens is 482 g/mol. The molecule has 7 nitrogen and oxygen atoms in total. The lowest BCUT2D eigenvalue weighted by Gasteiger charge is -2.31. The molecule has 2 saturated heterocycles. The highest BCUT2D eigenvalue weighted by molar-refractivity contribution is 7.80. The quantitative estimate of drug-likeness (QED) is 0.358. The molecule has 8 heteroatoms. The van der Waals surface area contributed by atoms with Crippen LogP contribution >= 0.6 is 12.2 Å². The van der Waals surface area contributed by atoms with Crippen LogP contribution in [0, 0.1) is 13.8 Å². The summed E-state index contributed by atoms with van der Waals surface area (Å²) in [5.41, 5.74) is 6.85. The first-order valence-electron chi connectivity index (χ1n) is 12.7. The van der Waals surface area contributed by atoms with Gasteiger partial charge in [-0.15, -0.1) is 0 Å². The fourth-order valence-electron chi connectivity index (χ4n) is 5.52. The number of anilines is 2. The smallest absolute Gasteiger partial charge is 0.174 e. The van der Waals surface area contributed by atoms with Gasteiger partial charge in [0.1, 0.15) is 5.76 Å². The molecule has 4 aromatic rings. The molecule has 0 radical (unpaired) electrons. The average molecular weight is 514 g/mol. The molecule has 5 heterocycles. The molecule has 2 aliphatic rings. The summed E-state index contributed by atoms with van der Waals surface area (Å²) in [5, 5.41) is 4.29. The van der Waals surface area contributed by atoms with E-state index in [1.807, 2.05) is 30.5 Å². The predicted octanol–water partition coefficient (Wildman–Crippen LogP) is 5.15. The molecule has 2 atom stereocenters. The van der Waals surface area contributed by atoms with Gasteiger partial charge in [0, 0.05) is 42.0 Å². The van der Waals surface area contributed by atoms with E-state index in [-0.39, 0.29) is 12.1 Å². The van der Waals surface area contributed by atoms with Crippen molar-refractivity contribution < 1.29 is 9.15 Å². The maximum absolute atomic E-state index is 5.95. The molecule has 0 aliphatic carbocycles. The normalized spacial score (nSPS) is 19.9. The van der Waals surface area contributed by atoms with Crippen molar-refractivity contribution in [3.8, 4) is 0 Å². The van der Waals surface area contributed by atoms with Gasteiger partial charge in [-0.3, -0.25) is 4.98 Å². The van der Waals surface area contributed by atoms with Crippen molar-refractivity contribution in [3.05, 3.63) is 102 Å². The molecule has 1 N–H and O–H groups in total. The highest BCUT2D eigenvalue weighted by atomic mass is 32.1. The molecule has 0 bridgehead atoms. The van der Waals surface area contributed by atoms with E-state index in [1.165, 1.54) is 22.6 Å². The second-order valence-corrected chi connectivity index (χ2v) is 9.99. The molecule has 6 rings (SSSR count). The first kappa shape index (κ1) is 23.8. The number of furan rings is 1. The number of hydrogen-bond donors (Lipinski definition) is 1. The summed E-state index contributed by atoms with van der Waals surface area (Å²) in [7, 11) is 0. The molecule has 37 heavy (non-hydrogen) atoms. The summed E-state index contributed by atoms with van der Waals surface area (Å²) >= 11 is 5.95. The van der Waals surface area contributed by atoms with E-state index in [0.717, 1.165) is 43.4 Å². The van der Waals surface area contributed by atoms with Crippen LogP contribution in [0.5, 0.6) is 0 Å². The lowest BCUT2D eigenvalue weighted by molar-refractivity contribution is 0.122. The molecular formula is C29H31N5O2S. The number of nitrogens with one attached hydrogen (secondary N) is 1. The number of thiocarbonyl (C=S) groups is 1. The first-order chi connectivity index (χ1) is 18.1. The molecule has 1 aromatic carbocycles. The van der Waals surface area contributed by atoms with Gasteiger partial charge in [0.25, 0.3) is 0 Å². The molecule has 0 unspecified atom stereocenters. The van der Waals surface area contributed by atoms with Crippen LogP contribution in [0.3, 0.4) is 0 Å². The Bertz CT molecular complexity index is 1360. The molecule has 3 aromatic heterocycles.